The quantitative estimate of drug-likeness (QED) is 0.801. The van der Waals surface area contributed by atoms with Gasteiger partial charge in [0.25, 0.3) is 0 Å². The van der Waals surface area contributed by atoms with E-state index in [1.807, 2.05) is 12.1 Å². The molecular weight excluding hydrogens is 267 g/mol. The lowest BCUT2D eigenvalue weighted by atomic mass is 10.3. The molecule has 0 radical (unpaired) electrons. The van der Waals surface area contributed by atoms with Crippen LogP contribution >= 0.6 is 34.5 Å². The number of aromatic nitrogens is 2. The SMILES string of the molecule is ClCc1nnc(COc2ccc(Cl)cc2)s1. The monoisotopic (exact) mass is 274 g/mol. The van der Waals surface area contributed by atoms with E-state index in [0.717, 1.165) is 15.8 Å². The molecule has 6 heteroatoms. The summed E-state index contributed by atoms with van der Waals surface area (Å²) in [6, 6.07) is 7.18. The predicted octanol–water partition coefficient (Wildman–Crippen LogP) is 3.51. The topological polar surface area (TPSA) is 35.0 Å². The number of halogens is 2. The lowest BCUT2D eigenvalue weighted by Gasteiger charge is -2.02. The first-order chi connectivity index (χ1) is 7.78. The molecule has 0 aliphatic rings. The van der Waals surface area contributed by atoms with Crippen LogP contribution in [0, 0.1) is 0 Å². The van der Waals surface area contributed by atoms with Crippen LogP contribution in [0.5, 0.6) is 5.75 Å². The maximum atomic E-state index is 5.76. The molecule has 0 atom stereocenters. The molecule has 3 nitrogen and oxygen atoms in total. The molecule has 0 unspecified atom stereocenters. The first-order valence-electron chi connectivity index (χ1n) is 4.53. The summed E-state index contributed by atoms with van der Waals surface area (Å²) in [6.07, 6.45) is 0. The van der Waals surface area contributed by atoms with Crippen LogP contribution in [0.3, 0.4) is 0 Å². The Morgan fingerprint density at radius 1 is 1.12 bits per heavy atom. The average molecular weight is 275 g/mol. The molecule has 0 spiro atoms. The second-order valence-corrected chi connectivity index (χ2v) is 4.82. The van der Waals surface area contributed by atoms with Crippen molar-refractivity contribution in [1.82, 2.24) is 10.2 Å². The Hall–Kier alpha value is -0.840. The highest BCUT2D eigenvalue weighted by atomic mass is 35.5. The molecule has 0 fully saturated rings. The van der Waals surface area contributed by atoms with Crippen molar-refractivity contribution < 1.29 is 4.74 Å². The number of hydrogen-bond acceptors (Lipinski definition) is 4. The largest absolute Gasteiger partial charge is 0.486 e. The molecule has 0 saturated heterocycles. The molecule has 0 aliphatic heterocycles. The second kappa shape index (κ2) is 5.48. The third-order valence-corrected chi connectivity index (χ3v) is 3.36. The highest BCUT2D eigenvalue weighted by Crippen LogP contribution is 2.18. The number of benzene rings is 1. The summed E-state index contributed by atoms with van der Waals surface area (Å²) in [5.41, 5.74) is 0. The van der Waals surface area contributed by atoms with Gasteiger partial charge in [0.05, 0.1) is 5.88 Å². The minimum Gasteiger partial charge on any atom is -0.486 e. The van der Waals surface area contributed by atoms with E-state index >= 15 is 0 Å². The molecule has 2 aromatic rings. The van der Waals surface area contributed by atoms with Gasteiger partial charge in [-0.05, 0) is 24.3 Å². The van der Waals surface area contributed by atoms with Crippen molar-refractivity contribution in [2.24, 2.45) is 0 Å². The van der Waals surface area contributed by atoms with Crippen LogP contribution < -0.4 is 4.74 Å². The minimum absolute atomic E-state index is 0.388. The van der Waals surface area contributed by atoms with Gasteiger partial charge in [0, 0.05) is 5.02 Å². The lowest BCUT2D eigenvalue weighted by molar-refractivity contribution is 0.304. The fourth-order valence-corrected chi connectivity index (χ4v) is 2.03. The Kier molecular flexibility index (Phi) is 3.98. The standard InChI is InChI=1S/C10H8Cl2N2OS/c11-5-9-13-14-10(16-9)6-15-8-3-1-7(12)2-4-8/h1-4H,5-6H2. The molecule has 2 rings (SSSR count). The van der Waals surface area contributed by atoms with Gasteiger partial charge >= 0.3 is 0 Å². The summed E-state index contributed by atoms with van der Waals surface area (Å²) in [7, 11) is 0. The van der Waals surface area contributed by atoms with E-state index in [4.69, 9.17) is 27.9 Å². The Bertz CT molecular complexity index is 458. The van der Waals surface area contributed by atoms with Gasteiger partial charge in [-0.1, -0.05) is 22.9 Å². The molecule has 84 valence electrons. The number of alkyl halides is 1. The van der Waals surface area contributed by atoms with Crippen LogP contribution in [0.4, 0.5) is 0 Å². The van der Waals surface area contributed by atoms with E-state index in [-0.39, 0.29) is 0 Å². The zero-order chi connectivity index (χ0) is 11.4. The van der Waals surface area contributed by atoms with Crippen molar-refractivity contribution in [2.75, 3.05) is 0 Å². The van der Waals surface area contributed by atoms with Gasteiger partial charge in [-0.3, -0.25) is 0 Å². The molecule has 0 bridgehead atoms. The maximum absolute atomic E-state index is 5.76. The van der Waals surface area contributed by atoms with Gasteiger partial charge in [-0.15, -0.1) is 21.8 Å². The van der Waals surface area contributed by atoms with Gasteiger partial charge in [-0.25, -0.2) is 0 Å². The highest BCUT2D eigenvalue weighted by molar-refractivity contribution is 7.11. The van der Waals surface area contributed by atoms with Crippen molar-refractivity contribution >= 4 is 34.5 Å². The second-order valence-electron chi connectivity index (χ2n) is 2.97. The molecule has 0 N–H and O–H groups in total. The van der Waals surface area contributed by atoms with Gasteiger partial charge in [0.2, 0.25) is 0 Å². The number of hydrogen-bond donors (Lipinski definition) is 0. The Morgan fingerprint density at radius 2 is 1.81 bits per heavy atom. The number of nitrogens with zero attached hydrogens (tertiary/aromatic N) is 2. The van der Waals surface area contributed by atoms with E-state index in [1.54, 1.807) is 12.1 Å². The van der Waals surface area contributed by atoms with Crippen LogP contribution in [-0.2, 0) is 12.5 Å². The van der Waals surface area contributed by atoms with Crippen LogP contribution in [0.25, 0.3) is 0 Å². The van der Waals surface area contributed by atoms with E-state index in [0.29, 0.717) is 17.5 Å². The van der Waals surface area contributed by atoms with Crippen LogP contribution in [0.2, 0.25) is 5.02 Å². The summed E-state index contributed by atoms with van der Waals surface area (Å²) in [4.78, 5) is 0. The highest BCUT2D eigenvalue weighted by Gasteiger charge is 2.03. The molecular formula is C10H8Cl2N2OS. The fourth-order valence-electron chi connectivity index (χ4n) is 1.08. The van der Waals surface area contributed by atoms with E-state index < -0.39 is 0 Å². The smallest absolute Gasteiger partial charge is 0.155 e. The van der Waals surface area contributed by atoms with Gasteiger partial charge in [-0.2, -0.15) is 0 Å². The summed E-state index contributed by atoms with van der Waals surface area (Å²) in [5.74, 6) is 1.14. The van der Waals surface area contributed by atoms with Crippen LogP contribution in [-0.4, -0.2) is 10.2 Å². The van der Waals surface area contributed by atoms with Gasteiger partial charge in [0.1, 0.15) is 17.4 Å². The zero-order valence-corrected chi connectivity index (χ0v) is 10.5. The summed E-state index contributed by atoms with van der Waals surface area (Å²) >= 11 is 12.8. The van der Waals surface area contributed by atoms with Crippen LogP contribution in [0.1, 0.15) is 10.0 Å². The van der Waals surface area contributed by atoms with E-state index in [2.05, 4.69) is 10.2 Å². The van der Waals surface area contributed by atoms with Crippen LogP contribution in [0.15, 0.2) is 24.3 Å². The minimum atomic E-state index is 0.388. The molecule has 0 saturated carbocycles. The van der Waals surface area contributed by atoms with E-state index in [1.165, 1.54) is 11.3 Å². The van der Waals surface area contributed by atoms with Gasteiger partial charge < -0.3 is 4.74 Å². The fraction of sp³-hybridized carbons (Fsp3) is 0.200. The van der Waals surface area contributed by atoms with Crippen molar-refractivity contribution in [3.63, 3.8) is 0 Å². The molecule has 1 aromatic heterocycles. The van der Waals surface area contributed by atoms with Crippen molar-refractivity contribution in [3.05, 3.63) is 39.3 Å². The molecule has 16 heavy (non-hydrogen) atoms. The zero-order valence-electron chi connectivity index (χ0n) is 8.19. The molecule has 1 heterocycles. The van der Waals surface area contributed by atoms with Crippen molar-refractivity contribution in [1.29, 1.82) is 0 Å². The summed E-state index contributed by atoms with van der Waals surface area (Å²) < 4.78 is 5.51. The Labute approximate surface area is 107 Å². The van der Waals surface area contributed by atoms with E-state index in [9.17, 15) is 0 Å². The molecule has 0 aliphatic carbocycles. The van der Waals surface area contributed by atoms with Crippen molar-refractivity contribution in [3.8, 4) is 5.75 Å². The maximum Gasteiger partial charge on any atom is 0.155 e. The molecule has 0 amide bonds. The first kappa shape index (κ1) is 11.6. The van der Waals surface area contributed by atoms with Gasteiger partial charge in [0.15, 0.2) is 5.01 Å². The summed E-state index contributed by atoms with van der Waals surface area (Å²) in [6.45, 7) is 0.399. The third-order valence-electron chi connectivity index (χ3n) is 1.80. The first-order valence-corrected chi connectivity index (χ1v) is 6.26. The Balaban J connectivity index is 1.94. The Morgan fingerprint density at radius 3 is 2.44 bits per heavy atom. The average Bonchev–Trinajstić information content (AvgIpc) is 2.76. The third kappa shape index (κ3) is 3.07. The number of rotatable bonds is 4. The lowest BCUT2D eigenvalue weighted by Crippen LogP contribution is -1.94. The summed E-state index contributed by atoms with van der Waals surface area (Å²) in [5, 5.41) is 10.1. The number of ether oxygens (including phenoxy) is 1. The molecule has 1 aromatic carbocycles. The normalized spacial score (nSPS) is 10.4. The predicted molar refractivity (Wildman–Crippen MR) is 65.3 cm³/mol. The van der Waals surface area contributed by atoms with Crippen molar-refractivity contribution in [2.45, 2.75) is 12.5 Å².